The van der Waals surface area contributed by atoms with Gasteiger partial charge in [-0.05, 0) is 24.6 Å². The van der Waals surface area contributed by atoms with Crippen molar-refractivity contribution in [2.45, 2.75) is 12.8 Å². The SMILES string of the molecule is COC(=O)c1c(C/C=C\CC(C(=O)OC)C(=O)OC)n(-c2ccccn2)c2ccccc12. The van der Waals surface area contributed by atoms with Crippen LogP contribution in [0.25, 0.3) is 16.7 Å². The highest BCUT2D eigenvalue weighted by Gasteiger charge is 2.27. The number of ether oxygens (including phenoxy) is 3. The molecule has 0 spiro atoms. The van der Waals surface area contributed by atoms with E-state index in [4.69, 9.17) is 4.74 Å². The molecule has 0 unspecified atom stereocenters. The summed E-state index contributed by atoms with van der Waals surface area (Å²) in [6, 6.07) is 13.0. The summed E-state index contributed by atoms with van der Waals surface area (Å²) in [4.78, 5) is 40.9. The minimum absolute atomic E-state index is 0.108. The zero-order chi connectivity index (χ0) is 23.1. The van der Waals surface area contributed by atoms with Gasteiger partial charge in [-0.1, -0.05) is 36.4 Å². The summed E-state index contributed by atoms with van der Waals surface area (Å²) in [7, 11) is 3.78. The third kappa shape index (κ3) is 4.54. The van der Waals surface area contributed by atoms with Crippen LogP contribution in [0.5, 0.6) is 0 Å². The molecular formula is C24H24N2O6. The molecule has 2 aromatic heterocycles. The molecule has 1 aromatic carbocycles. The summed E-state index contributed by atoms with van der Waals surface area (Å²) in [5.41, 5.74) is 1.94. The van der Waals surface area contributed by atoms with Crippen LogP contribution in [-0.4, -0.2) is 48.8 Å². The summed E-state index contributed by atoms with van der Waals surface area (Å²) >= 11 is 0. The van der Waals surface area contributed by atoms with Crippen LogP contribution in [0.4, 0.5) is 0 Å². The number of rotatable bonds is 8. The molecule has 0 saturated carbocycles. The first-order chi connectivity index (χ1) is 15.5. The topological polar surface area (TPSA) is 96.7 Å². The number of esters is 3. The molecular weight excluding hydrogens is 412 g/mol. The predicted octanol–water partition coefficient (Wildman–Crippen LogP) is 3.26. The fourth-order valence-corrected chi connectivity index (χ4v) is 3.56. The zero-order valence-corrected chi connectivity index (χ0v) is 18.1. The number of pyridine rings is 1. The molecule has 8 nitrogen and oxygen atoms in total. The molecule has 166 valence electrons. The summed E-state index contributed by atoms with van der Waals surface area (Å²) in [5.74, 6) is -2.19. The van der Waals surface area contributed by atoms with Crippen LogP contribution < -0.4 is 0 Å². The molecule has 3 rings (SSSR count). The first kappa shape index (κ1) is 22.7. The number of nitrogens with zero attached hydrogens (tertiary/aromatic N) is 2. The van der Waals surface area contributed by atoms with Gasteiger partial charge in [0.1, 0.15) is 5.82 Å². The smallest absolute Gasteiger partial charge is 0.340 e. The Kier molecular flexibility index (Phi) is 7.38. The number of carbonyl (C=O) groups excluding carboxylic acids is 3. The van der Waals surface area contributed by atoms with Gasteiger partial charge in [-0.2, -0.15) is 0 Å². The number of benzene rings is 1. The Balaban J connectivity index is 2.03. The average Bonchev–Trinajstić information content (AvgIpc) is 3.17. The second-order valence-electron chi connectivity index (χ2n) is 6.86. The molecule has 0 aliphatic carbocycles. The molecule has 0 radical (unpaired) electrons. The molecule has 32 heavy (non-hydrogen) atoms. The lowest BCUT2D eigenvalue weighted by atomic mass is 10.0. The van der Waals surface area contributed by atoms with E-state index in [1.807, 2.05) is 47.0 Å². The predicted molar refractivity (Wildman–Crippen MR) is 117 cm³/mol. The molecule has 0 saturated heterocycles. The van der Waals surface area contributed by atoms with Gasteiger partial charge < -0.3 is 14.2 Å². The summed E-state index contributed by atoms with van der Waals surface area (Å²) in [6.07, 6.45) is 5.61. The Labute approximate surface area is 185 Å². The number of methoxy groups -OCH3 is 3. The molecule has 8 heteroatoms. The van der Waals surface area contributed by atoms with Crippen molar-refractivity contribution in [3.05, 3.63) is 72.1 Å². The van der Waals surface area contributed by atoms with Crippen molar-refractivity contribution in [1.29, 1.82) is 0 Å². The molecule has 3 aromatic rings. The van der Waals surface area contributed by atoms with E-state index in [0.29, 0.717) is 23.5 Å². The van der Waals surface area contributed by atoms with Gasteiger partial charge in [0, 0.05) is 23.7 Å². The van der Waals surface area contributed by atoms with Crippen LogP contribution in [0.15, 0.2) is 60.8 Å². The van der Waals surface area contributed by atoms with Crippen molar-refractivity contribution in [3.8, 4) is 5.82 Å². The number of para-hydroxylation sites is 1. The van der Waals surface area contributed by atoms with Gasteiger partial charge in [-0.25, -0.2) is 9.78 Å². The summed E-state index contributed by atoms with van der Waals surface area (Å²) < 4.78 is 16.3. The summed E-state index contributed by atoms with van der Waals surface area (Å²) in [5, 5.41) is 0.746. The standard InChI is InChI=1S/C24H24N2O6/c1-30-22(27)17(23(28)31-2)11-5-7-13-19-21(24(29)32-3)16-10-4-6-12-18(16)26(19)20-14-8-9-15-25-20/h4-10,12,14-15,17H,11,13H2,1-3H3/b7-5-. The third-order valence-corrected chi connectivity index (χ3v) is 5.06. The van der Waals surface area contributed by atoms with Crippen LogP contribution in [-0.2, 0) is 30.2 Å². The third-order valence-electron chi connectivity index (χ3n) is 5.06. The molecule has 0 atom stereocenters. The lowest BCUT2D eigenvalue weighted by Gasteiger charge is -2.11. The summed E-state index contributed by atoms with van der Waals surface area (Å²) in [6.45, 7) is 0. The van der Waals surface area contributed by atoms with Gasteiger partial charge in [0.25, 0.3) is 0 Å². The lowest BCUT2D eigenvalue weighted by Crippen LogP contribution is -2.25. The van der Waals surface area contributed by atoms with E-state index in [-0.39, 0.29) is 6.42 Å². The minimum Gasteiger partial charge on any atom is -0.468 e. The van der Waals surface area contributed by atoms with E-state index >= 15 is 0 Å². The van der Waals surface area contributed by atoms with Crippen molar-refractivity contribution in [2.24, 2.45) is 5.92 Å². The molecule has 0 N–H and O–H groups in total. The monoisotopic (exact) mass is 436 g/mol. The number of aromatic nitrogens is 2. The van der Waals surface area contributed by atoms with Crippen LogP contribution in [0.1, 0.15) is 22.5 Å². The van der Waals surface area contributed by atoms with E-state index in [0.717, 1.165) is 10.9 Å². The first-order valence-electron chi connectivity index (χ1n) is 9.96. The van der Waals surface area contributed by atoms with E-state index in [9.17, 15) is 14.4 Å². The van der Waals surface area contributed by atoms with Crippen molar-refractivity contribution < 1.29 is 28.6 Å². The van der Waals surface area contributed by atoms with E-state index in [1.165, 1.54) is 21.3 Å². The molecule has 0 bridgehead atoms. The van der Waals surface area contributed by atoms with Crippen molar-refractivity contribution >= 4 is 28.8 Å². The highest BCUT2D eigenvalue weighted by Crippen LogP contribution is 2.30. The maximum atomic E-state index is 12.7. The van der Waals surface area contributed by atoms with Crippen LogP contribution in [0, 0.1) is 5.92 Å². The van der Waals surface area contributed by atoms with E-state index in [1.54, 1.807) is 18.3 Å². The molecule has 2 heterocycles. The fraction of sp³-hybridized carbons (Fsp3) is 0.250. The highest BCUT2D eigenvalue weighted by atomic mass is 16.5. The second-order valence-corrected chi connectivity index (χ2v) is 6.86. The number of hydrogen-bond acceptors (Lipinski definition) is 7. The second kappa shape index (κ2) is 10.4. The van der Waals surface area contributed by atoms with Crippen molar-refractivity contribution in [2.75, 3.05) is 21.3 Å². The number of carbonyl (C=O) groups is 3. The van der Waals surface area contributed by atoms with Crippen molar-refractivity contribution in [3.63, 3.8) is 0 Å². The maximum Gasteiger partial charge on any atom is 0.340 e. The van der Waals surface area contributed by atoms with E-state index < -0.39 is 23.8 Å². The first-order valence-corrected chi connectivity index (χ1v) is 9.96. The number of hydrogen-bond donors (Lipinski definition) is 0. The van der Waals surface area contributed by atoms with Crippen LogP contribution >= 0.6 is 0 Å². The quantitative estimate of drug-likeness (QED) is 0.231. The highest BCUT2D eigenvalue weighted by molar-refractivity contribution is 6.06. The van der Waals surface area contributed by atoms with Gasteiger partial charge in [0.05, 0.1) is 32.4 Å². The number of fused-ring (bicyclic) bond motifs is 1. The number of allylic oxidation sites excluding steroid dienone is 2. The fourth-order valence-electron chi connectivity index (χ4n) is 3.56. The van der Waals surface area contributed by atoms with Crippen LogP contribution in [0.2, 0.25) is 0 Å². The van der Waals surface area contributed by atoms with Gasteiger partial charge >= 0.3 is 17.9 Å². The zero-order valence-electron chi connectivity index (χ0n) is 18.1. The van der Waals surface area contributed by atoms with E-state index in [2.05, 4.69) is 14.5 Å². The largest absolute Gasteiger partial charge is 0.468 e. The molecule has 0 amide bonds. The Morgan fingerprint density at radius 3 is 2.25 bits per heavy atom. The maximum absolute atomic E-state index is 12.7. The Bertz CT molecular complexity index is 1130. The van der Waals surface area contributed by atoms with Crippen LogP contribution in [0.3, 0.4) is 0 Å². The Hall–Kier alpha value is -3.94. The average molecular weight is 436 g/mol. The normalized spacial score (nSPS) is 11.1. The Morgan fingerprint density at radius 1 is 0.938 bits per heavy atom. The lowest BCUT2D eigenvalue weighted by molar-refractivity contribution is -0.158. The molecule has 0 aliphatic heterocycles. The minimum atomic E-state index is -1.05. The van der Waals surface area contributed by atoms with Gasteiger partial charge in [0.15, 0.2) is 5.92 Å². The van der Waals surface area contributed by atoms with Crippen molar-refractivity contribution in [1.82, 2.24) is 9.55 Å². The molecule has 0 aliphatic rings. The van der Waals surface area contributed by atoms with Gasteiger partial charge in [-0.15, -0.1) is 0 Å². The van der Waals surface area contributed by atoms with Gasteiger partial charge in [-0.3, -0.25) is 14.2 Å². The molecule has 0 fully saturated rings. The Morgan fingerprint density at radius 2 is 1.62 bits per heavy atom. The van der Waals surface area contributed by atoms with Gasteiger partial charge in [0.2, 0.25) is 0 Å².